The van der Waals surface area contributed by atoms with E-state index in [4.69, 9.17) is 0 Å². The molecule has 0 saturated heterocycles. The fraction of sp³-hybridized carbons (Fsp3) is 0.750. The predicted octanol–water partition coefficient (Wildman–Crippen LogP) is 11.6. The number of carbonyl (C=O) groups excluding carboxylic acids is 5. The molecule has 2 aliphatic rings. The minimum atomic E-state index is -0.0961. The van der Waals surface area contributed by atoms with Crippen molar-refractivity contribution in [2.24, 2.45) is 29.6 Å². The third-order valence-electron chi connectivity index (χ3n) is 11.0. The summed E-state index contributed by atoms with van der Waals surface area (Å²) in [6.07, 6.45) is 19.7. The minimum absolute atomic E-state index is 0.0560. The van der Waals surface area contributed by atoms with E-state index >= 15 is 0 Å². The molecule has 5 heteroatoms. The topological polar surface area (TPSA) is 85.3 Å². The lowest BCUT2D eigenvalue weighted by Gasteiger charge is -2.31. The SMILES string of the molecule is CCC(C)=O.CCC1CCCC1.CCCC(CC1CC(=O)c2c(C)cccc2C1)C(CC)C(=O)CC(=O)CCCCCCCC(C)C(C)=O. The molecule has 0 spiro atoms. The van der Waals surface area contributed by atoms with E-state index in [1.54, 1.807) is 13.8 Å². The largest absolute Gasteiger partial charge is 0.300 e. The predicted molar refractivity (Wildman–Crippen MR) is 204 cm³/mol. The van der Waals surface area contributed by atoms with Crippen LogP contribution >= 0.6 is 0 Å². The van der Waals surface area contributed by atoms with Crippen LogP contribution < -0.4 is 0 Å². The first-order chi connectivity index (χ1) is 23.4. The van der Waals surface area contributed by atoms with Crippen molar-refractivity contribution in [3.05, 3.63) is 34.9 Å². The standard InChI is InChI=1S/C33H50O4.C7H14.C4H8O/c1-6-14-27(19-26-20-28-17-13-16-24(4)33(28)32(37)21-26)30(7-2)31(36)22-29(35)18-12-10-8-9-11-15-23(3)25(5)34;1-2-7-5-3-4-6-7;1-3-4(2)5/h13,16-17,23,26-27,30H,6-12,14-15,18-22H2,1-5H3;7H,2-6H2,1H3;3H2,1-2H3. The fourth-order valence-corrected chi connectivity index (χ4v) is 7.66. The number of hydrogen-bond acceptors (Lipinski definition) is 5. The van der Waals surface area contributed by atoms with Gasteiger partial charge in [-0.2, -0.15) is 0 Å². The third-order valence-corrected chi connectivity index (χ3v) is 11.0. The lowest BCUT2D eigenvalue weighted by Crippen LogP contribution is -2.30. The molecule has 0 N–H and O–H groups in total. The second-order valence-corrected chi connectivity index (χ2v) is 15.2. The van der Waals surface area contributed by atoms with E-state index in [-0.39, 0.29) is 59.0 Å². The molecule has 1 aromatic rings. The maximum atomic E-state index is 13.2. The lowest BCUT2D eigenvalue weighted by molar-refractivity contribution is -0.131. The summed E-state index contributed by atoms with van der Waals surface area (Å²) in [6, 6.07) is 6.12. The highest BCUT2D eigenvalue weighted by molar-refractivity contribution is 6.00. The van der Waals surface area contributed by atoms with Gasteiger partial charge in [-0.05, 0) is 81.8 Å². The van der Waals surface area contributed by atoms with Gasteiger partial charge in [0.2, 0.25) is 0 Å². The summed E-state index contributed by atoms with van der Waals surface area (Å²) in [5.41, 5.74) is 3.12. The number of carbonyl (C=O) groups is 5. The Hall–Kier alpha value is -2.43. The van der Waals surface area contributed by atoms with Gasteiger partial charge in [0.05, 0.1) is 6.42 Å². The van der Waals surface area contributed by atoms with Crippen LogP contribution in [-0.2, 0) is 25.6 Å². The molecule has 0 aliphatic heterocycles. The molecule has 2 aliphatic carbocycles. The first-order valence-corrected chi connectivity index (χ1v) is 20.0. The second-order valence-electron chi connectivity index (χ2n) is 15.2. The molecule has 4 unspecified atom stereocenters. The van der Waals surface area contributed by atoms with Gasteiger partial charge < -0.3 is 4.79 Å². The lowest BCUT2D eigenvalue weighted by atomic mass is 9.72. The van der Waals surface area contributed by atoms with E-state index in [0.717, 1.165) is 93.2 Å². The van der Waals surface area contributed by atoms with Crippen molar-refractivity contribution in [3.8, 4) is 0 Å². The summed E-state index contributed by atoms with van der Waals surface area (Å²) < 4.78 is 0. The number of aryl methyl sites for hydroxylation is 1. The van der Waals surface area contributed by atoms with E-state index in [2.05, 4.69) is 26.8 Å². The van der Waals surface area contributed by atoms with E-state index in [0.29, 0.717) is 19.3 Å². The maximum Gasteiger partial charge on any atom is 0.163 e. The van der Waals surface area contributed by atoms with Crippen molar-refractivity contribution in [2.45, 2.75) is 184 Å². The van der Waals surface area contributed by atoms with E-state index in [1.165, 1.54) is 32.1 Å². The van der Waals surface area contributed by atoms with Crippen molar-refractivity contribution in [2.75, 3.05) is 0 Å². The number of hydrogen-bond donors (Lipinski definition) is 0. The molecule has 278 valence electrons. The van der Waals surface area contributed by atoms with Crippen LogP contribution in [0.5, 0.6) is 0 Å². The van der Waals surface area contributed by atoms with Crippen molar-refractivity contribution >= 4 is 28.9 Å². The molecule has 1 fully saturated rings. The molecule has 5 nitrogen and oxygen atoms in total. The van der Waals surface area contributed by atoms with Crippen LogP contribution in [0.25, 0.3) is 0 Å². The monoisotopic (exact) mass is 681 g/mol. The normalized spacial score (nSPS) is 17.5. The summed E-state index contributed by atoms with van der Waals surface area (Å²) in [7, 11) is 0. The average Bonchev–Trinajstić information content (AvgIpc) is 3.59. The molecule has 1 saturated carbocycles. The second kappa shape index (κ2) is 25.5. The molecule has 0 radical (unpaired) electrons. The van der Waals surface area contributed by atoms with Crippen LogP contribution in [-0.4, -0.2) is 28.9 Å². The highest BCUT2D eigenvalue weighted by Gasteiger charge is 2.33. The highest BCUT2D eigenvalue weighted by Crippen LogP contribution is 2.36. The number of unbranched alkanes of at least 4 members (excludes halogenated alkanes) is 4. The number of rotatable bonds is 20. The van der Waals surface area contributed by atoms with Gasteiger partial charge in [0.1, 0.15) is 23.1 Å². The molecule has 49 heavy (non-hydrogen) atoms. The Balaban J connectivity index is 0.000000839. The first-order valence-electron chi connectivity index (χ1n) is 20.0. The van der Waals surface area contributed by atoms with Crippen LogP contribution in [0.15, 0.2) is 18.2 Å². The smallest absolute Gasteiger partial charge is 0.163 e. The van der Waals surface area contributed by atoms with Crippen molar-refractivity contribution in [3.63, 3.8) is 0 Å². The summed E-state index contributed by atoms with van der Waals surface area (Å²) >= 11 is 0. The maximum absolute atomic E-state index is 13.2. The zero-order chi connectivity index (χ0) is 36.8. The van der Waals surface area contributed by atoms with Crippen molar-refractivity contribution in [1.82, 2.24) is 0 Å². The summed E-state index contributed by atoms with van der Waals surface area (Å²) in [5.74, 6) is 2.58. The highest BCUT2D eigenvalue weighted by atomic mass is 16.2. The Bertz CT molecular complexity index is 1140. The Morgan fingerprint density at radius 1 is 0.837 bits per heavy atom. The van der Waals surface area contributed by atoms with Gasteiger partial charge in [-0.1, -0.05) is 123 Å². The first kappa shape index (κ1) is 44.6. The van der Waals surface area contributed by atoms with Gasteiger partial charge in [0.25, 0.3) is 0 Å². The molecule has 0 aromatic heterocycles. The molecule has 1 aromatic carbocycles. The van der Waals surface area contributed by atoms with Crippen molar-refractivity contribution < 1.29 is 24.0 Å². The Morgan fingerprint density at radius 2 is 1.47 bits per heavy atom. The number of ketones is 5. The molecule has 4 atom stereocenters. The zero-order valence-corrected chi connectivity index (χ0v) is 32.8. The fourth-order valence-electron chi connectivity index (χ4n) is 7.66. The van der Waals surface area contributed by atoms with Crippen LogP contribution in [0.1, 0.15) is 192 Å². The Morgan fingerprint density at radius 3 is 2.02 bits per heavy atom. The van der Waals surface area contributed by atoms with Crippen molar-refractivity contribution in [1.29, 1.82) is 0 Å². The van der Waals surface area contributed by atoms with Crippen LogP contribution in [0.3, 0.4) is 0 Å². The Kier molecular flexibility index (Phi) is 23.2. The molecule has 0 heterocycles. The summed E-state index contributed by atoms with van der Waals surface area (Å²) in [5, 5.41) is 0. The summed E-state index contributed by atoms with van der Waals surface area (Å²) in [4.78, 5) is 59.8. The number of benzene rings is 1. The van der Waals surface area contributed by atoms with Crippen LogP contribution in [0.2, 0.25) is 0 Å². The zero-order valence-electron chi connectivity index (χ0n) is 32.8. The number of Topliss-reactive ketones (excluding diaryl/α,β-unsaturated/α-hetero) is 5. The summed E-state index contributed by atoms with van der Waals surface area (Å²) in [6.45, 7) is 15.6. The molecular formula is C44H72O5. The third kappa shape index (κ3) is 17.9. The molecular weight excluding hydrogens is 608 g/mol. The van der Waals surface area contributed by atoms with Gasteiger partial charge in [0.15, 0.2) is 5.78 Å². The van der Waals surface area contributed by atoms with Gasteiger partial charge in [-0.15, -0.1) is 0 Å². The van der Waals surface area contributed by atoms with E-state index in [1.807, 2.05) is 32.9 Å². The molecule has 0 bridgehead atoms. The van der Waals surface area contributed by atoms with E-state index in [9.17, 15) is 24.0 Å². The van der Waals surface area contributed by atoms with Gasteiger partial charge >= 0.3 is 0 Å². The average molecular weight is 681 g/mol. The molecule has 3 rings (SSSR count). The Labute approximate surface area is 300 Å². The molecule has 0 amide bonds. The van der Waals surface area contributed by atoms with E-state index < -0.39 is 0 Å². The number of fused-ring (bicyclic) bond motifs is 1. The quantitative estimate of drug-likeness (QED) is 0.101. The van der Waals surface area contributed by atoms with Crippen LogP contribution in [0.4, 0.5) is 0 Å². The van der Waals surface area contributed by atoms with Gasteiger partial charge in [-0.3, -0.25) is 19.2 Å². The van der Waals surface area contributed by atoms with Gasteiger partial charge in [-0.25, -0.2) is 0 Å². The minimum Gasteiger partial charge on any atom is -0.300 e. The van der Waals surface area contributed by atoms with Gasteiger partial charge in [0, 0.05) is 36.7 Å². The van der Waals surface area contributed by atoms with Crippen LogP contribution in [0, 0.1) is 36.5 Å².